The normalized spacial score (nSPS) is 31.1. The Labute approximate surface area is 232 Å². The van der Waals surface area contributed by atoms with Crippen LogP contribution in [0.4, 0.5) is 0 Å². The van der Waals surface area contributed by atoms with E-state index in [0.717, 1.165) is 30.3 Å². The largest absolute Gasteiger partial charge is 0.465 e. The first-order valence-corrected chi connectivity index (χ1v) is 14.2. The van der Waals surface area contributed by atoms with Crippen LogP contribution in [0.3, 0.4) is 0 Å². The summed E-state index contributed by atoms with van der Waals surface area (Å²) in [4.78, 5) is 45.2. The number of carbonyl (C=O) groups excluding carboxylic acids is 3. The van der Waals surface area contributed by atoms with Gasteiger partial charge in [-0.05, 0) is 50.7 Å². The molecule has 4 aliphatic rings. The van der Waals surface area contributed by atoms with Gasteiger partial charge in [0.05, 0.1) is 24.1 Å². The zero-order chi connectivity index (χ0) is 27.7. The number of likely N-dealkylation sites (tertiary alicyclic amines) is 1. The van der Waals surface area contributed by atoms with Crippen molar-refractivity contribution in [3.05, 3.63) is 48.6 Å². The zero-order valence-corrected chi connectivity index (χ0v) is 22.4. The Morgan fingerprint density at radius 1 is 1.05 bits per heavy atom. The van der Waals surface area contributed by atoms with Crippen molar-refractivity contribution in [2.45, 2.75) is 62.9 Å². The van der Waals surface area contributed by atoms with Crippen molar-refractivity contribution < 1.29 is 29.0 Å². The maximum absolute atomic E-state index is 14.4. The van der Waals surface area contributed by atoms with E-state index in [0.29, 0.717) is 39.0 Å². The van der Waals surface area contributed by atoms with Crippen LogP contribution >= 0.6 is 0 Å². The second-order valence-corrected chi connectivity index (χ2v) is 10.9. The van der Waals surface area contributed by atoms with Crippen molar-refractivity contribution >= 4 is 28.8 Å². The maximum Gasteiger partial charge on any atom is 0.312 e. The lowest BCUT2D eigenvalue weighted by atomic mass is 9.78. The molecule has 0 aliphatic carbocycles. The average Bonchev–Trinajstić information content (AvgIpc) is 3.55. The van der Waals surface area contributed by atoms with Crippen LogP contribution in [0.1, 0.15) is 38.5 Å². The zero-order valence-electron chi connectivity index (χ0n) is 22.4. The molecule has 2 amide bonds. The lowest BCUT2D eigenvalue weighted by Crippen LogP contribution is -2.55. The quantitative estimate of drug-likeness (QED) is 0.315. The van der Waals surface area contributed by atoms with Crippen molar-refractivity contribution in [2.75, 3.05) is 26.3 Å². The van der Waals surface area contributed by atoms with Gasteiger partial charge < -0.3 is 24.4 Å². The van der Waals surface area contributed by atoms with Gasteiger partial charge in [-0.1, -0.05) is 41.7 Å². The Hall–Kier alpha value is -3.57. The second kappa shape index (κ2) is 11.1. The summed E-state index contributed by atoms with van der Waals surface area (Å²) in [5.74, 6) is -2.69. The fraction of sp³-hybridized carbons (Fsp3) is 0.552. The predicted octanol–water partition coefficient (Wildman–Crippen LogP) is 1.81. The average molecular weight is 550 g/mol. The number of aromatic nitrogens is 3. The number of rotatable bonds is 7. The van der Waals surface area contributed by atoms with Gasteiger partial charge in [-0.15, -0.1) is 5.10 Å². The smallest absolute Gasteiger partial charge is 0.312 e. The molecule has 212 valence electrons. The minimum absolute atomic E-state index is 0.0658. The number of para-hydroxylation sites is 1. The highest BCUT2D eigenvalue weighted by molar-refractivity contribution is 5.99. The van der Waals surface area contributed by atoms with Crippen LogP contribution in [-0.4, -0.2) is 91.7 Å². The molecule has 6 rings (SSSR count). The Kier molecular flexibility index (Phi) is 7.41. The number of ether oxygens (including phenoxy) is 2. The number of hydrogen-bond acceptors (Lipinski definition) is 8. The van der Waals surface area contributed by atoms with E-state index in [1.54, 1.807) is 14.5 Å². The van der Waals surface area contributed by atoms with Crippen LogP contribution in [0.2, 0.25) is 0 Å². The van der Waals surface area contributed by atoms with Crippen LogP contribution in [0.5, 0.6) is 0 Å². The minimum Gasteiger partial charge on any atom is -0.465 e. The van der Waals surface area contributed by atoms with E-state index in [4.69, 9.17) is 9.47 Å². The van der Waals surface area contributed by atoms with Gasteiger partial charge in [0.25, 0.3) is 5.91 Å². The number of aliphatic hydroxyl groups excluding tert-OH is 1. The number of nitrogens with zero attached hydrogens (tertiary/aromatic N) is 5. The predicted molar refractivity (Wildman–Crippen MR) is 143 cm³/mol. The van der Waals surface area contributed by atoms with Gasteiger partial charge in [-0.25, -0.2) is 4.68 Å². The van der Waals surface area contributed by atoms with Crippen molar-refractivity contribution in [1.29, 1.82) is 0 Å². The van der Waals surface area contributed by atoms with Crippen LogP contribution in [-0.2, 0) is 30.5 Å². The molecule has 1 spiro atoms. The van der Waals surface area contributed by atoms with E-state index < -0.39 is 35.6 Å². The molecular weight excluding hydrogens is 514 g/mol. The second-order valence-electron chi connectivity index (χ2n) is 10.9. The van der Waals surface area contributed by atoms with Gasteiger partial charge in [0.2, 0.25) is 5.91 Å². The molecule has 1 aromatic heterocycles. The molecule has 2 fully saturated rings. The van der Waals surface area contributed by atoms with Gasteiger partial charge in [-0.3, -0.25) is 14.4 Å². The number of hydrogen-bond donors (Lipinski definition) is 1. The number of esters is 1. The number of fused-ring (bicyclic) bond motifs is 3. The van der Waals surface area contributed by atoms with E-state index in [1.165, 1.54) is 0 Å². The molecule has 5 heterocycles. The summed E-state index contributed by atoms with van der Waals surface area (Å²) < 4.78 is 13.9. The van der Waals surface area contributed by atoms with Crippen molar-refractivity contribution in [3.8, 4) is 0 Å². The van der Waals surface area contributed by atoms with Gasteiger partial charge in [-0.2, -0.15) is 0 Å². The van der Waals surface area contributed by atoms with Gasteiger partial charge in [0, 0.05) is 19.7 Å². The number of cyclic esters (lactones) is 1. The van der Waals surface area contributed by atoms with Crippen LogP contribution in [0, 0.1) is 11.8 Å². The highest BCUT2D eigenvalue weighted by atomic mass is 16.6. The molecule has 40 heavy (non-hydrogen) atoms. The monoisotopic (exact) mass is 549 g/mol. The van der Waals surface area contributed by atoms with E-state index in [1.807, 2.05) is 48.6 Å². The highest BCUT2D eigenvalue weighted by Gasteiger charge is 2.71. The Balaban J connectivity index is 1.37. The maximum atomic E-state index is 14.4. The summed E-state index contributed by atoms with van der Waals surface area (Å²) in [6, 6.07) is 6.60. The third kappa shape index (κ3) is 4.50. The van der Waals surface area contributed by atoms with E-state index in [-0.39, 0.29) is 25.1 Å². The van der Waals surface area contributed by atoms with E-state index >= 15 is 0 Å². The fourth-order valence-corrected chi connectivity index (χ4v) is 6.58. The van der Waals surface area contributed by atoms with Gasteiger partial charge in [0.15, 0.2) is 0 Å². The molecule has 2 aromatic rings. The lowest BCUT2D eigenvalue weighted by Gasteiger charge is -2.35. The topological polar surface area (TPSA) is 127 Å². The SMILES string of the molecule is O=C1OCCCC/C=C\[C@@H]2O[C@]34C=CCN(Cn5nnc6ccccc65)C(=O)C3N(CCCCCO)C(=O)[C@@H]4[C@H]12. The lowest BCUT2D eigenvalue weighted by molar-refractivity contribution is -0.155. The molecule has 5 atom stereocenters. The number of carbonyl (C=O) groups is 3. The van der Waals surface area contributed by atoms with Crippen molar-refractivity contribution in [1.82, 2.24) is 24.8 Å². The minimum atomic E-state index is -1.29. The van der Waals surface area contributed by atoms with Crippen LogP contribution in [0.25, 0.3) is 11.0 Å². The van der Waals surface area contributed by atoms with Gasteiger partial charge >= 0.3 is 5.97 Å². The molecule has 0 bridgehead atoms. The van der Waals surface area contributed by atoms with Crippen LogP contribution < -0.4 is 0 Å². The summed E-state index contributed by atoms with van der Waals surface area (Å²) in [6.45, 7) is 1.14. The molecule has 1 unspecified atom stereocenters. The Morgan fingerprint density at radius 2 is 1.93 bits per heavy atom. The fourth-order valence-electron chi connectivity index (χ4n) is 6.58. The first-order valence-electron chi connectivity index (χ1n) is 14.2. The summed E-state index contributed by atoms with van der Waals surface area (Å²) in [5.41, 5.74) is 0.234. The van der Waals surface area contributed by atoms with Crippen molar-refractivity contribution in [2.24, 2.45) is 11.8 Å². The Morgan fingerprint density at radius 3 is 2.80 bits per heavy atom. The van der Waals surface area contributed by atoms with E-state index in [2.05, 4.69) is 10.3 Å². The molecule has 2 saturated heterocycles. The molecule has 11 heteroatoms. The first-order chi connectivity index (χ1) is 19.5. The standard InChI is InChI=1S/C29H35N5O6/c35-17-8-3-7-16-33-25-27(37)32(19-34-21-12-6-5-11-20(21)30-31-34)15-10-14-29(25)24(26(33)36)23-22(40-29)13-4-1-2-9-18-39-28(23)38/h4-6,10-14,22-25,35H,1-3,7-9,15-19H2/b13-4-/t22-,23+,24-,25?,29-/m0/s1. The third-order valence-corrected chi connectivity index (χ3v) is 8.47. The van der Waals surface area contributed by atoms with Gasteiger partial charge in [0.1, 0.15) is 29.7 Å². The number of aliphatic hydroxyl groups is 1. The molecule has 1 N–H and O–H groups in total. The molecule has 0 radical (unpaired) electrons. The number of unbranched alkanes of at least 4 members (excludes halogenated alkanes) is 2. The number of benzene rings is 1. The molecule has 4 aliphatic heterocycles. The van der Waals surface area contributed by atoms with Crippen LogP contribution in [0.15, 0.2) is 48.6 Å². The summed E-state index contributed by atoms with van der Waals surface area (Å²) in [7, 11) is 0. The number of allylic oxidation sites excluding steroid dienone is 1. The summed E-state index contributed by atoms with van der Waals surface area (Å²) >= 11 is 0. The molecule has 1 aromatic carbocycles. The van der Waals surface area contributed by atoms with E-state index in [9.17, 15) is 19.5 Å². The third-order valence-electron chi connectivity index (χ3n) is 8.47. The Bertz CT molecular complexity index is 1340. The molecule has 0 saturated carbocycles. The molecular formula is C29H35N5O6. The number of amides is 2. The first kappa shape index (κ1) is 26.6. The van der Waals surface area contributed by atoms with Crippen molar-refractivity contribution in [3.63, 3.8) is 0 Å². The molecule has 11 nitrogen and oxygen atoms in total. The summed E-state index contributed by atoms with van der Waals surface area (Å²) in [6.07, 6.45) is 11.3. The summed E-state index contributed by atoms with van der Waals surface area (Å²) in [5, 5.41) is 17.7. The highest BCUT2D eigenvalue weighted by Crippen LogP contribution is 2.53.